The van der Waals surface area contributed by atoms with Crippen molar-refractivity contribution in [1.29, 1.82) is 0 Å². The van der Waals surface area contributed by atoms with Crippen LogP contribution in [-0.4, -0.2) is 78.0 Å². The number of aliphatic imine (C=N–C) groups is 2. The van der Waals surface area contributed by atoms with E-state index in [4.69, 9.17) is 28.7 Å². The number of hydrogen-bond acceptors (Lipinski definition) is 7. The average molecular weight is 591 g/mol. The van der Waals surface area contributed by atoms with Crippen molar-refractivity contribution in [2.45, 2.75) is 76.5 Å². The molecule has 0 saturated carbocycles. The molecule has 0 fully saturated rings. The standard InChI is InChI=1S/C27H46N10O5/c1-3-16(2)21(25(41)42)37-23(39)19(12-8-14-34-27(31)32)35-24(40)20(15-17-9-5-4-6-10-17)36-22(38)18(28)11-7-13-33-26(29)30/h4-6,9-10,16,18-21H,3,7-8,11-15,28H2,1-2H3,(H,35,40)(H,36,38)(H,37,39)(H,41,42)(H4,29,30,33)(H4,31,32,34). The Morgan fingerprint density at radius 2 is 1.33 bits per heavy atom. The third kappa shape index (κ3) is 13.8. The second kappa shape index (κ2) is 18.9. The Morgan fingerprint density at radius 1 is 0.810 bits per heavy atom. The molecule has 1 aromatic carbocycles. The Kier molecular flexibility index (Phi) is 16.0. The van der Waals surface area contributed by atoms with E-state index in [2.05, 4.69) is 25.9 Å². The van der Waals surface area contributed by atoms with Crippen LogP contribution in [0.4, 0.5) is 0 Å². The normalized spacial score (nSPS) is 14.3. The summed E-state index contributed by atoms with van der Waals surface area (Å²) in [6.45, 7) is 4.00. The van der Waals surface area contributed by atoms with Gasteiger partial charge in [0.25, 0.3) is 0 Å². The Hall–Kier alpha value is -4.40. The monoisotopic (exact) mass is 590 g/mol. The molecule has 15 nitrogen and oxygen atoms in total. The molecule has 0 aliphatic carbocycles. The van der Waals surface area contributed by atoms with Gasteiger partial charge in [-0.3, -0.25) is 24.4 Å². The highest BCUT2D eigenvalue weighted by Gasteiger charge is 2.32. The van der Waals surface area contributed by atoms with Gasteiger partial charge in [-0.1, -0.05) is 50.6 Å². The van der Waals surface area contributed by atoms with Gasteiger partial charge in [-0.25, -0.2) is 4.79 Å². The molecule has 14 N–H and O–H groups in total. The molecule has 3 amide bonds. The van der Waals surface area contributed by atoms with E-state index >= 15 is 0 Å². The molecule has 0 aliphatic rings. The fourth-order valence-electron chi connectivity index (χ4n) is 3.97. The molecule has 0 aliphatic heterocycles. The van der Waals surface area contributed by atoms with Gasteiger partial charge in [-0.05, 0) is 37.2 Å². The first-order valence-electron chi connectivity index (χ1n) is 13.9. The molecule has 1 aromatic rings. The number of nitrogens with two attached hydrogens (primary N) is 5. The Bertz CT molecular complexity index is 1070. The van der Waals surface area contributed by atoms with Gasteiger partial charge in [0, 0.05) is 19.5 Å². The maximum atomic E-state index is 13.5. The topological polar surface area (TPSA) is 279 Å². The zero-order valence-electron chi connectivity index (χ0n) is 24.3. The fourth-order valence-corrected chi connectivity index (χ4v) is 3.97. The Morgan fingerprint density at radius 3 is 1.86 bits per heavy atom. The number of carboxylic acid groups (broad SMARTS) is 1. The maximum absolute atomic E-state index is 13.5. The molecule has 0 radical (unpaired) electrons. The Balaban J connectivity index is 3.13. The molecule has 0 aromatic heterocycles. The largest absolute Gasteiger partial charge is 0.480 e. The minimum absolute atomic E-state index is 0.0664. The lowest BCUT2D eigenvalue weighted by Crippen LogP contribution is -2.58. The van der Waals surface area contributed by atoms with Gasteiger partial charge in [0.05, 0.1) is 6.04 Å². The van der Waals surface area contributed by atoms with Crippen LogP contribution in [0.2, 0.25) is 0 Å². The molecule has 0 spiro atoms. The summed E-state index contributed by atoms with van der Waals surface area (Å²) >= 11 is 0. The first-order valence-corrected chi connectivity index (χ1v) is 13.9. The van der Waals surface area contributed by atoms with Crippen molar-refractivity contribution in [3.05, 3.63) is 35.9 Å². The highest BCUT2D eigenvalue weighted by atomic mass is 16.4. The van der Waals surface area contributed by atoms with Crippen molar-refractivity contribution in [3.63, 3.8) is 0 Å². The van der Waals surface area contributed by atoms with Gasteiger partial charge in [0.15, 0.2) is 11.9 Å². The molecule has 234 valence electrons. The van der Waals surface area contributed by atoms with Crippen LogP contribution in [0.5, 0.6) is 0 Å². The van der Waals surface area contributed by atoms with E-state index in [1.54, 1.807) is 31.2 Å². The molecule has 0 saturated heterocycles. The lowest BCUT2D eigenvalue weighted by atomic mass is 9.98. The number of rotatable bonds is 19. The van der Waals surface area contributed by atoms with Crippen LogP contribution in [0.3, 0.4) is 0 Å². The van der Waals surface area contributed by atoms with Crippen LogP contribution in [0.1, 0.15) is 51.5 Å². The summed E-state index contributed by atoms with van der Waals surface area (Å²) in [6, 6.07) is 4.70. The molecular formula is C27H46N10O5. The summed E-state index contributed by atoms with van der Waals surface area (Å²) in [7, 11) is 0. The van der Waals surface area contributed by atoms with Crippen LogP contribution in [0.25, 0.3) is 0 Å². The van der Waals surface area contributed by atoms with Crippen LogP contribution in [0, 0.1) is 5.92 Å². The third-order valence-corrected chi connectivity index (χ3v) is 6.58. The summed E-state index contributed by atoms with van der Waals surface area (Å²) < 4.78 is 0. The zero-order chi connectivity index (χ0) is 31.7. The lowest BCUT2D eigenvalue weighted by Gasteiger charge is -2.26. The minimum Gasteiger partial charge on any atom is -0.480 e. The second-order valence-corrected chi connectivity index (χ2v) is 10.0. The molecule has 0 bridgehead atoms. The number of benzene rings is 1. The lowest BCUT2D eigenvalue weighted by molar-refractivity contribution is -0.144. The van der Waals surface area contributed by atoms with E-state index in [1.807, 2.05) is 13.0 Å². The molecule has 5 atom stereocenters. The van der Waals surface area contributed by atoms with Crippen LogP contribution in [0.15, 0.2) is 40.3 Å². The van der Waals surface area contributed by atoms with Crippen molar-refractivity contribution in [1.82, 2.24) is 16.0 Å². The molecule has 1 rings (SSSR count). The summed E-state index contributed by atoms with van der Waals surface area (Å²) in [5.41, 5.74) is 28.2. The minimum atomic E-state index is -1.19. The summed E-state index contributed by atoms with van der Waals surface area (Å²) in [5.74, 6) is -3.62. The number of nitrogens with one attached hydrogen (secondary N) is 3. The first kappa shape index (κ1) is 35.6. The number of carbonyl (C=O) groups excluding carboxylic acids is 3. The van der Waals surface area contributed by atoms with E-state index in [9.17, 15) is 24.3 Å². The van der Waals surface area contributed by atoms with Gasteiger partial charge in [0.1, 0.15) is 18.1 Å². The summed E-state index contributed by atoms with van der Waals surface area (Å²) in [6.07, 6.45) is 1.76. The van der Waals surface area contributed by atoms with E-state index in [-0.39, 0.29) is 43.6 Å². The van der Waals surface area contributed by atoms with Gasteiger partial charge >= 0.3 is 5.97 Å². The summed E-state index contributed by atoms with van der Waals surface area (Å²) in [4.78, 5) is 59.3. The maximum Gasteiger partial charge on any atom is 0.326 e. The van der Waals surface area contributed by atoms with Crippen molar-refractivity contribution in [2.75, 3.05) is 13.1 Å². The van der Waals surface area contributed by atoms with E-state index < -0.39 is 47.9 Å². The SMILES string of the molecule is CCC(C)C(NC(=O)C(CCCN=C(N)N)NC(=O)C(Cc1ccccc1)NC(=O)C(N)CCCN=C(N)N)C(=O)O. The smallest absolute Gasteiger partial charge is 0.326 e. The predicted octanol–water partition coefficient (Wildman–Crippen LogP) is -1.75. The van der Waals surface area contributed by atoms with Gasteiger partial charge in [-0.15, -0.1) is 0 Å². The van der Waals surface area contributed by atoms with E-state index in [1.165, 1.54) is 0 Å². The molecule has 42 heavy (non-hydrogen) atoms. The molecular weight excluding hydrogens is 544 g/mol. The van der Waals surface area contributed by atoms with Crippen LogP contribution < -0.4 is 44.6 Å². The first-order chi connectivity index (χ1) is 19.8. The third-order valence-electron chi connectivity index (χ3n) is 6.58. The number of guanidine groups is 2. The van der Waals surface area contributed by atoms with E-state index in [0.29, 0.717) is 25.8 Å². The van der Waals surface area contributed by atoms with Crippen molar-refractivity contribution in [3.8, 4) is 0 Å². The van der Waals surface area contributed by atoms with Crippen molar-refractivity contribution in [2.24, 2.45) is 44.6 Å². The van der Waals surface area contributed by atoms with Crippen molar-refractivity contribution < 1.29 is 24.3 Å². The number of aliphatic carboxylic acids is 1. The second-order valence-electron chi connectivity index (χ2n) is 10.0. The highest BCUT2D eigenvalue weighted by molar-refractivity contribution is 5.94. The van der Waals surface area contributed by atoms with E-state index in [0.717, 1.165) is 5.56 Å². The molecule has 5 unspecified atom stereocenters. The number of hydrogen-bond donors (Lipinski definition) is 9. The summed E-state index contributed by atoms with van der Waals surface area (Å²) in [5, 5.41) is 17.5. The van der Waals surface area contributed by atoms with Gasteiger partial charge in [-0.2, -0.15) is 0 Å². The van der Waals surface area contributed by atoms with Gasteiger partial charge in [0.2, 0.25) is 17.7 Å². The van der Waals surface area contributed by atoms with Gasteiger partial charge < -0.3 is 49.7 Å². The predicted molar refractivity (Wildman–Crippen MR) is 161 cm³/mol. The Labute approximate surface area is 246 Å². The van der Waals surface area contributed by atoms with Crippen LogP contribution in [-0.2, 0) is 25.6 Å². The molecule has 15 heteroatoms. The number of amides is 3. The quantitative estimate of drug-likeness (QED) is 0.0497. The number of carbonyl (C=O) groups is 4. The average Bonchev–Trinajstić information content (AvgIpc) is 2.94. The zero-order valence-corrected chi connectivity index (χ0v) is 24.3. The molecule has 0 heterocycles. The number of nitrogens with zero attached hydrogens (tertiary/aromatic N) is 2. The highest BCUT2D eigenvalue weighted by Crippen LogP contribution is 2.10. The number of carboxylic acids is 1. The van der Waals surface area contributed by atoms with Crippen LogP contribution >= 0.6 is 0 Å². The fraction of sp³-hybridized carbons (Fsp3) is 0.556. The van der Waals surface area contributed by atoms with Crippen molar-refractivity contribution >= 4 is 35.6 Å².